The fourth-order valence-electron chi connectivity index (χ4n) is 2.67. The normalized spacial score (nSPS) is 29.1. The molecule has 1 saturated carbocycles. The van der Waals surface area contributed by atoms with Gasteiger partial charge in [-0.3, -0.25) is 0 Å². The van der Waals surface area contributed by atoms with E-state index in [1.807, 2.05) is 26.2 Å². The minimum absolute atomic E-state index is 0.168. The van der Waals surface area contributed by atoms with Crippen molar-refractivity contribution in [2.24, 2.45) is 5.73 Å². The summed E-state index contributed by atoms with van der Waals surface area (Å²) < 4.78 is 0. The highest BCUT2D eigenvalue weighted by Gasteiger charge is 2.34. The number of nitrogens with zero attached hydrogens (tertiary/aromatic N) is 1. The minimum Gasteiger partial charge on any atom is -0.393 e. The van der Waals surface area contributed by atoms with Gasteiger partial charge in [0, 0.05) is 25.3 Å². The summed E-state index contributed by atoms with van der Waals surface area (Å²) in [7, 11) is 4.08. The Labute approximate surface area is 103 Å². The summed E-state index contributed by atoms with van der Waals surface area (Å²) in [5, 5.41) is 9.60. The Kier molecular flexibility index (Phi) is 3.40. The van der Waals surface area contributed by atoms with Crippen LogP contribution < -0.4 is 10.6 Å². The monoisotopic (exact) mass is 234 g/mol. The van der Waals surface area contributed by atoms with E-state index in [0.717, 1.165) is 25.7 Å². The second-order valence-corrected chi connectivity index (χ2v) is 5.30. The van der Waals surface area contributed by atoms with Crippen LogP contribution in [0.5, 0.6) is 0 Å². The second kappa shape index (κ2) is 4.67. The van der Waals surface area contributed by atoms with E-state index in [0.29, 0.717) is 0 Å². The van der Waals surface area contributed by atoms with Crippen LogP contribution in [-0.2, 0) is 5.54 Å². The Morgan fingerprint density at radius 3 is 2.41 bits per heavy atom. The molecule has 0 radical (unpaired) electrons. The van der Waals surface area contributed by atoms with Crippen molar-refractivity contribution < 1.29 is 5.11 Å². The van der Waals surface area contributed by atoms with Gasteiger partial charge >= 0.3 is 0 Å². The molecule has 0 bridgehead atoms. The smallest absolute Gasteiger partial charge is 0.0541 e. The zero-order valence-corrected chi connectivity index (χ0v) is 10.7. The Hall–Kier alpha value is -1.06. The van der Waals surface area contributed by atoms with Crippen molar-refractivity contribution in [2.75, 3.05) is 19.0 Å². The van der Waals surface area contributed by atoms with E-state index in [9.17, 15) is 5.11 Å². The van der Waals surface area contributed by atoms with Crippen LogP contribution in [0.1, 0.15) is 31.2 Å². The third-order valence-electron chi connectivity index (χ3n) is 3.77. The lowest BCUT2D eigenvalue weighted by Crippen LogP contribution is -2.42. The van der Waals surface area contributed by atoms with Gasteiger partial charge in [0.15, 0.2) is 0 Å². The fraction of sp³-hybridized carbons (Fsp3) is 0.571. The first-order valence-corrected chi connectivity index (χ1v) is 6.27. The van der Waals surface area contributed by atoms with Crippen LogP contribution >= 0.6 is 0 Å². The highest BCUT2D eigenvalue weighted by atomic mass is 16.3. The predicted molar refractivity (Wildman–Crippen MR) is 71.1 cm³/mol. The first kappa shape index (κ1) is 12.4. The van der Waals surface area contributed by atoms with Gasteiger partial charge in [0.05, 0.1) is 6.10 Å². The number of para-hydroxylation sites is 1. The molecule has 0 aliphatic heterocycles. The van der Waals surface area contributed by atoms with Crippen LogP contribution in [0.25, 0.3) is 0 Å². The Morgan fingerprint density at radius 1 is 1.24 bits per heavy atom. The zero-order chi connectivity index (χ0) is 12.5. The third-order valence-corrected chi connectivity index (χ3v) is 3.77. The second-order valence-electron chi connectivity index (χ2n) is 5.30. The summed E-state index contributed by atoms with van der Waals surface area (Å²) in [5.74, 6) is 0. The summed E-state index contributed by atoms with van der Waals surface area (Å²) in [5.41, 5.74) is 8.66. The van der Waals surface area contributed by atoms with Crippen LogP contribution in [0.15, 0.2) is 24.3 Å². The molecule has 0 aromatic heterocycles. The van der Waals surface area contributed by atoms with Crippen molar-refractivity contribution in [3.8, 4) is 0 Å². The van der Waals surface area contributed by atoms with E-state index < -0.39 is 0 Å². The molecule has 0 saturated heterocycles. The van der Waals surface area contributed by atoms with Gasteiger partial charge in [0.25, 0.3) is 0 Å². The highest BCUT2D eigenvalue weighted by molar-refractivity contribution is 5.55. The SMILES string of the molecule is CN(C)c1ccccc1C1(N)CCC(O)CC1. The standard InChI is InChI=1S/C14H22N2O/c1-16(2)13-6-4-3-5-12(13)14(15)9-7-11(17)8-10-14/h3-6,11,17H,7-10,15H2,1-2H3. The molecule has 0 heterocycles. The molecule has 0 spiro atoms. The molecule has 1 aromatic carbocycles. The molecule has 1 aliphatic rings. The third kappa shape index (κ3) is 2.45. The van der Waals surface area contributed by atoms with E-state index in [1.165, 1.54) is 11.3 Å². The minimum atomic E-state index is -0.278. The van der Waals surface area contributed by atoms with Crippen molar-refractivity contribution in [3.63, 3.8) is 0 Å². The average Bonchev–Trinajstić information content (AvgIpc) is 2.33. The van der Waals surface area contributed by atoms with Crippen molar-refractivity contribution in [1.82, 2.24) is 0 Å². The summed E-state index contributed by atoms with van der Waals surface area (Å²) in [6.07, 6.45) is 3.16. The molecular formula is C14H22N2O. The molecule has 94 valence electrons. The summed E-state index contributed by atoms with van der Waals surface area (Å²) in [6, 6.07) is 8.31. The summed E-state index contributed by atoms with van der Waals surface area (Å²) >= 11 is 0. The Morgan fingerprint density at radius 2 is 1.82 bits per heavy atom. The van der Waals surface area contributed by atoms with Gasteiger partial charge in [-0.2, -0.15) is 0 Å². The largest absolute Gasteiger partial charge is 0.393 e. The van der Waals surface area contributed by atoms with Gasteiger partial charge in [-0.15, -0.1) is 0 Å². The Balaban J connectivity index is 2.33. The van der Waals surface area contributed by atoms with E-state index in [2.05, 4.69) is 17.0 Å². The molecule has 3 nitrogen and oxygen atoms in total. The van der Waals surface area contributed by atoms with Crippen molar-refractivity contribution >= 4 is 5.69 Å². The van der Waals surface area contributed by atoms with Gasteiger partial charge in [-0.1, -0.05) is 18.2 Å². The first-order chi connectivity index (χ1) is 8.03. The molecule has 0 amide bonds. The molecule has 3 heteroatoms. The number of aliphatic hydroxyl groups excluding tert-OH is 1. The first-order valence-electron chi connectivity index (χ1n) is 6.27. The molecule has 0 unspecified atom stereocenters. The van der Waals surface area contributed by atoms with E-state index >= 15 is 0 Å². The van der Waals surface area contributed by atoms with Gasteiger partial charge in [0.1, 0.15) is 0 Å². The van der Waals surface area contributed by atoms with Gasteiger partial charge in [-0.05, 0) is 37.3 Å². The molecule has 2 rings (SSSR count). The van der Waals surface area contributed by atoms with Crippen LogP contribution in [0, 0.1) is 0 Å². The van der Waals surface area contributed by atoms with Crippen molar-refractivity contribution in [1.29, 1.82) is 0 Å². The van der Waals surface area contributed by atoms with E-state index in [-0.39, 0.29) is 11.6 Å². The molecule has 1 fully saturated rings. The number of hydrogen-bond acceptors (Lipinski definition) is 3. The maximum Gasteiger partial charge on any atom is 0.0541 e. The molecule has 17 heavy (non-hydrogen) atoms. The lowest BCUT2D eigenvalue weighted by molar-refractivity contribution is 0.0970. The van der Waals surface area contributed by atoms with Gasteiger partial charge in [0.2, 0.25) is 0 Å². The van der Waals surface area contributed by atoms with Crippen LogP contribution in [0.3, 0.4) is 0 Å². The molecule has 0 atom stereocenters. The Bertz CT molecular complexity index is 382. The average molecular weight is 234 g/mol. The maximum atomic E-state index is 9.60. The van der Waals surface area contributed by atoms with Crippen LogP contribution in [0.4, 0.5) is 5.69 Å². The number of aliphatic hydroxyl groups is 1. The highest BCUT2D eigenvalue weighted by Crippen LogP contribution is 2.38. The number of hydrogen-bond donors (Lipinski definition) is 2. The number of benzene rings is 1. The predicted octanol–water partition coefficient (Wildman–Crippen LogP) is 1.84. The quantitative estimate of drug-likeness (QED) is 0.821. The number of nitrogens with two attached hydrogens (primary N) is 1. The lowest BCUT2D eigenvalue weighted by Gasteiger charge is -2.38. The van der Waals surface area contributed by atoms with Crippen molar-refractivity contribution in [2.45, 2.75) is 37.3 Å². The van der Waals surface area contributed by atoms with Gasteiger partial charge < -0.3 is 15.7 Å². The number of rotatable bonds is 2. The van der Waals surface area contributed by atoms with E-state index in [4.69, 9.17) is 5.73 Å². The summed E-state index contributed by atoms with van der Waals surface area (Å²) in [6.45, 7) is 0. The lowest BCUT2D eigenvalue weighted by atomic mass is 9.76. The van der Waals surface area contributed by atoms with E-state index in [1.54, 1.807) is 0 Å². The van der Waals surface area contributed by atoms with Gasteiger partial charge in [-0.25, -0.2) is 0 Å². The molecular weight excluding hydrogens is 212 g/mol. The summed E-state index contributed by atoms with van der Waals surface area (Å²) in [4.78, 5) is 2.11. The van der Waals surface area contributed by atoms with Crippen molar-refractivity contribution in [3.05, 3.63) is 29.8 Å². The molecule has 1 aliphatic carbocycles. The molecule has 1 aromatic rings. The fourth-order valence-corrected chi connectivity index (χ4v) is 2.67. The number of anilines is 1. The molecule has 3 N–H and O–H groups in total. The maximum absolute atomic E-state index is 9.60. The van der Waals surface area contributed by atoms with Crippen LogP contribution in [0.2, 0.25) is 0 Å². The zero-order valence-electron chi connectivity index (χ0n) is 10.7. The van der Waals surface area contributed by atoms with Crippen LogP contribution in [-0.4, -0.2) is 25.3 Å². The topological polar surface area (TPSA) is 49.5 Å².